The minimum atomic E-state index is -0.395. The molecule has 2 N–H and O–H groups in total. The fourth-order valence-electron chi connectivity index (χ4n) is 2.52. The summed E-state index contributed by atoms with van der Waals surface area (Å²) in [6.07, 6.45) is 0.169. The molecule has 3 rings (SSSR count). The van der Waals surface area contributed by atoms with Crippen molar-refractivity contribution in [1.82, 2.24) is 5.32 Å². The first kappa shape index (κ1) is 15.6. The Morgan fingerprint density at radius 1 is 1.17 bits per heavy atom. The summed E-state index contributed by atoms with van der Waals surface area (Å²) in [6.45, 7) is 1.94. The highest BCUT2D eigenvalue weighted by Gasteiger charge is 2.29. The summed E-state index contributed by atoms with van der Waals surface area (Å²) in [6, 6.07) is 17.3. The van der Waals surface area contributed by atoms with E-state index in [1.165, 1.54) is 11.8 Å². The van der Waals surface area contributed by atoms with Crippen LogP contribution in [0, 0.1) is 0 Å². The molecule has 5 heteroatoms. The van der Waals surface area contributed by atoms with Gasteiger partial charge >= 0.3 is 0 Å². The van der Waals surface area contributed by atoms with Gasteiger partial charge in [-0.15, -0.1) is 11.8 Å². The van der Waals surface area contributed by atoms with Gasteiger partial charge in [0.25, 0.3) is 0 Å². The number of amides is 2. The molecule has 0 bridgehead atoms. The van der Waals surface area contributed by atoms with E-state index in [4.69, 9.17) is 0 Å². The van der Waals surface area contributed by atoms with Crippen LogP contribution in [0.5, 0.6) is 0 Å². The Morgan fingerprint density at radius 3 is 2.65 bits per heavy atom. The van der Waals surface area contributed by atoms with Gasteiger partial charge in [-0.1, -0.05) is 42.5 Å². The molecule has 2 aromatic carbocycles. The number of anilines is 1. The normalized spacial score (nSPS) is 17.8. The van der Waals surface area contributed by atoms with Gasteiger partial charge in [0.2, 0.25) is 11.8 Å². The zero-order valence-electron chi connectivity index (χ0n) is 12.8. The Morgan fingerprint density at radius 2 is 1.87 bits per heavy atom. The molecule has 2 amide bonds. The Balaban J connectivity index is 1.61. The topological polar surface area (TPSA) is 58.2 Å². The van der Waals surface area contributed by atoms with Crippen molar-refractivity contribution in [3.63, 3.8) is 0 Å². The zero-order chi connectivity index (χ0) is 16.2. The molecule has 0 saturated carbocycles. The first-order chi connectivity index (χ1) is 11.1. The van der Waals surface area contributed by atoms with Crippen molar-refractivity contribution in [2.24, 2.45) is 0 Å². The molecule has 0 unspecified atom stereocenters. The molecule has 4 nitrogen and oxygen atoms in total. The van der Waals surface area contributed by atoms with Gasteiger partial charge in [-0.2, -0.15) is 0 Å². The average molecular weight is 326 g/mol. The summed E-state index contributed by atoms with van der Waals surface area (Å²) in [4.78, 5) is 25.4. The van der Waals surface area contributed by atoms with Crippen LogP contribution < -0.4 is 10.6 Å². The number of para-hydroxylation sites is 1. The third kappa shape index (κ3) is 3.74. The number of nitrogens with one attached hydrogen (secondary N) is 2. The number of benzene rings is 2. The molecule has 0 radical (unpaired) electrons. The van der Waals surface area contributed by atoms with Crippen LogP contribution in [0.1, 0.15) is 24.9 Å². The minimum Gasteiger partial charge on any atom is -0.350 e. The van der Waals surface area contributed by atoms with Crippen molar-refractivity contribution >= 4 is 29.3 Å². The van der Waals surface area contributed by atoms with E-state index >= 15 is 0 Å². The molecule has 23 heavy (non-hydrogen) atoms. The van der Waals surface area contributed by atoms with Gasteiger partial charge < -0.3 is 10.6 Å². The quantitative estimate of drug-likeness (QED) is 0.906. The molecule has 0 saturated heterocycles. The van der Waals surface area contributed by atoms with Crippen molar-refractivity contribution < 1.29 is 9.59 Å². The highest BCUT2D eigenvalue weighted by Crippen LogP contribution is 2.36. The molecule has 118 valence electrons. The standard InChI is InChI=1S/C18H18N2O2S/c1-12(13-7-3-2-4-8-13)19-17(21)11-16-18(22)20-14-9-5-6-10-15(14)23-16/h2-10,12,16H,11H2,1H3,(H,19,21)(H,20,22)/t12-,16+/m0/s1. The largest absolute Gasteiger partial charge is 0.350 e. The fourth-order valence-corrected chi connectivity index (χ4v) is 3.63. The number of carbonyl (C=O) groups excluding carboxylic acids is 2. The van der Waals surface area contributed by atoms with Crippen molar-refractivity contribution in [2.45, 2.75) is 29.5 Å². The number of hydrogen-bond donors (Lipinski definition) is 2. The van der Waals surface area contributed by atoms with Crippen LogP contribution in [0.4, 0.5) is 5.69 Å². The second-order valence-electron chi connectivity index (χ2n) is 5.50. The molecule has 2 atom stereocenters. The Hall–Kier alpha value is -2.27. The highest BCUT2D eigenvalue weighted by molar-refractivity contribution is 8.01. The van der Waals surface area contributed by atoms with E-state index in [-0.39, 0.29) is 24.3 Å². The monoisotopic (exact) mass is 326 g/mol. The molecule has 0 spiro atoms. The van der Waals surface area contributed by atoms with Crippen molar-refractivity contribution in [1.29, 1.82) is 0 Å². The molecule has 2 aromatic rings. The van der Waals surface area contributed by atoms with E-state index in [2.05, 4.69) is 10.6 Å². The molecule has 1 heterocycles. The molecule has 1 aliphatic heterocycles. The third-order valence-corrected chi connectivity index (χ3v) is 5.03. The Bertz CT molecular complexity index is 718. The average Bonchev–Trinajstić information content (AvgIpc) is 2.56. The number of carbonyl (C=O) groups is 2. The van der Waals surface area contributed by atoms with E-state index in [1.54, 1.807) is 0 Å². The predicted molar refractivity (Wildman–Crippen MR) is 92.3 cm³/mol. The van der Waals surface area contributed by atoms with Crippen LogP contribution in [0.15, 0.2) is 59.5 Å². The summed E-state index contributed by atoms with van der Waals surface area (Å²) < 4.78 is 0. The number of rotatable bonds is 4. The van der Waals surface area contributed by atoms with Crippen molar-refractivity contribution in [2.75, 3.05) is 5.32 Å². The zero-order valence-corrected chi connectivity index (χ0v) is 13.6. The van der Waals surface area contributed by atoms with E-state index in [0.717, 1.165) is 16.1 Å². The van der Waals surface area contributed by atoms with E-state index in [1.807, 2.05) is 61.5 Å². The lowest BCUT2D eigenvalue weighted by Gasteiger charge is -2.24. The molecule has 0 aliphatic carbocycles. The van der Waals surface area contributed by atoms with Crippen LogP contribution in [0.25, 0.3) is 0 Å². The summed E-state index contributed by atoms with van der Waals surface area (Å²) in [5, 5.41) is 5.42. The second-order valence-corrected chi connectivity index (χ2v) is 6.74. The third-order valence-electron chi connectivity index (χ3n) is 3.75. The van der Waals surface area contributed by atoms with Crippen molar-refractivity contribution in [3.05, 3.63) is 60.2 Å². The van der Waals surface area contributed by atoms with Crippen LogP contribution in [0.3, 0.4) is 0 Å². The van der Waals surface area contributed by atoms with E-state index in [9.17, 15) is 9.59 Å². The van der Waals surface area contributed by atoms with Gasteiger partial charge in [0.15, 0.2) is 0 Å². The number of thioether (sulfide) groups is 1. The predicted octanol–water partition coefficient (Wildman–Crippen LogP) is 3.37. The van der Waals surface area contributed by atoms with E-state index in [0.29, 0.717) is 0 Å². The fraction of sp³-hybridized carbons (Fsp3) is 0.222. The molecule has 0 aromatic heterocycles. The SMILES string of the molecule is C[C@H](NC(=O)C[C@H]1Sc2ccccc2NC1=O)c1ccccc1. The minimum absolute atomic E-state index is 0.0763. The van der Waals surface area contributed by atoms with Gasteiger partial charge in [-0.05, 0) is 24.6 Å². The number of hydrogen-bond acceptors (Lipinski definition) is 3. The maximum absolute atomic E-state index is 12.2. The number of fused-ring (bicyclic) bond motifs is 1. The summed E-state index contributed by atoms with van der Waals surface area (Å²) >= 11 is 1.44. The van der Waals surface area contributed by atoms with Crippen molar-refractivity contribution in [3.8, 4) is 0 Å². The maximum Gasteiger partial charge on any atom is 0.238 e. The first-order valence-corrected chi connectivity index (χ1v) is 8.42. The van der Waals surface area contributed by atoms with Crippen LogP contribution in [0.2, 0.25) is 0 Å². The summed E-state index contributed by atoms with van der Waals surface area (Å²) in [5.74, 6) is -0.232. The van der Waals surface area contributed by atoms with Gasteiger partial charge in [-0.25, -0.2) is 0 Å². The van der Waals surface area contributed by atoms with Gasteiger partial charge in [0.05, 0.1) is 17.0 Å². The van der Waals surface area contributed by atoms with Crippen LogP contribution in [-0.2, 0) is 9.59 Å². The van der Waals surface area contributed by atoms with Crippen LogP contribution in [-0.4, -0.2) is 17.1 Å². The summed E-state index contributed by atoms with van der Waals surface area (Å²) in [7, 11) is 0. The molecule has 1 aliphatic rings. The molecule has 0 fully saturated rings. The Labute approximate surface area is 139 Å². The summed E-state index contributed by atoms with van der Waals surface area (Å²) in [5.41, 5.74) is 1.86. The van der Waals surface area contributed by atoms with E-state index < -0.39 is 5.25 Å². The van der Waals surface area contributed by atoms with Gasteiger partial charge in [-0.3, -0.25) is 9.59 Å². The van der Waals surface area contributed by atoms with Gasteiger partial charge in [0, 0.05) is 11.3 Å². The highest BCUT2D eigenvalue weighted by atomic mass is 32.2. The maximum atomic E-state index is 12.2. The smallest absolute Gasteiger partial charge is 0.238 e. The lowest BCUT2D eigenvalue weighted by molar-refractivity contribution is -0.124. The molecular weight excluding hydrogens is 308 g/mol. The van der Waals surface area contributed by atoms with Gasteiger partial charge in [0.1, 0.15) is 0 Å². The lowest BCUT2D eigenvalue weighted by Crippen LogP contribution is -2.35. The molecular formula is C18H18N2O2S. The first-order valence-electron chi connectivity index (χ1n) is 7.54. The second kappa shape index (κ2) is 6.87. The Kier molecular flexibility index (Phi) is 4.67. The van der Waals surface area contributed by atoms with Crippen LogP contribution >= 0.6 is 11.8 Å². The lowest BCUT2D eigenvalue weighted by atomic mass is 10.1.